The number of ether oxygens (including phenoxy) is 1. The van der Waals surface area contributed by atoms with Crippen LogP contribution in [0.5, 0.6) is 0 Å². The van der Waals surface area contributed by atoms with Crippen LogP contribution in [0.3, 0.4) is 0 Å². The van der Waals surface area contributed by atoms with Crippen molar-refractivity contribution >= 4 is 5.97 Å². The van der Waals surface area contributed by atoms with Gasteiger partial charge in [0.25, 0.3) is 0 Å². The summed E-state index contributed by atoms with van der Waals surface area (Å²) in [7, 11) is 0. The fourth-order valence-corrected chi connectivity index (χ4v) is 13.2. The van der Waals surface area contributed by atoms with Crippen LogP contribution in [-0.4, -0.2) is 23.3 Å². The van der Waals surface area contributed by atoms with Gasteiger partial charge in [0.05, 0.1) is 6.10 Å². The van der Waals surface area contributed by atoms with E-state index in [1.165, 1.54) is 103 Å². The van der Waals surface area contributed by atoms with E-state index >= 15 is 0 Å². The Morgan fingerprint density at radius 1 is 0.755 bits per heavy atom. The van der Waals surface area contributed by atoms with E-state index in [9.17, 15) is 9.90 Å². The number of rotatable bonds is 15. The van der Waals surface area contributed by atoms with Crippen LogP contribution in [0.25, 0.3) is 0 Å². The lowest BCUT2D eigenvalue weighted by molar-refractivity contribution is -0.247. The third-order valence-corrected chi connectivity index (χ3v) is 16.8. The number of allylic oxidation sites excluding steroid dienone is 2. The van der Waals surface area contributed by atoms with E-state index in [0.29, 0.717) is 35.0 Å². The van der Waals surface area contributed by atoms with Gasteiger partial charge in [-0.05, 0) is 104 Å². The van der Waals surface area contributed by atoms with E-state index in [4.69, 9.17) is 4.74 Å². The lowest BCUT2D eigenvalue weighted by atomic mass is 9.33. The van der Waals surface area contributed by atoms with Gasteiger partial charge in [0.1, 0.15) is 6.10 Å². The van der Waals surface area contributed by atoms with Gasteiger partial charge in [-0.3, -0.25) is 4.79 Å². The first-order chi connectivity index (χ1) is 23.1. The van der Waals surface area contributed by atoms with Crippen LogP contribution in [0.2, 0.25) is 0 Å². The van der Waals surface area contributed by atoms with E-state index in [1.54, 1.807) is 5.57 Å². The molecule has 5 rings (SSSR count). The van der Waals surface area contributed by atoms with Crippen molar-refractivity contribution in [3.63, 3.8) is 0 Å². The molecule has 5 aliphatic carbocycles. The Hall–Kier alpha value is -0.830. The topological polar surface area (TPSA) is 46.5 Å². The van der Waals surface area contributed by atoms with Gasteiger partial charge in [-0.15, -0.1) is 0 Å². The third kappa shape index (κ3) is 7.51. The predicted molar refractivity (Wildman–Crippen MR) is 206 cm³/mol. The van der Waals surface area contributed by atoms with E-state index in [-0.39, 0.29) is 39.8 Å². The summed E-state index contributed by atoms with van der Waals surface area (Å²) in [4.78, 5) is 13.2. The van der Waals surface area contributed by atoms with Gasteiger partial charge in [-0.1, -0.05) is 151 Å². The molecule has 5 aliphatic rings. The Morgan fingerprint density at radius 2 is 1.33 bits per heavy atom. The molecule has 0 aromatic carbocycles. The van der Waals surface area contributed by atoms with Crippen LogP contribution < -0.4 is 0 Å². The summed E-state index contributed by atoms with van der Waals surface area (Å²) in [5, 5.41) is 12.4. The molecule has 0 spiro atoms. The number of carbonyl (C=O) groups excluding carboxylic acids is 1. The summed E-state index contributed by atoms with van der Waals surface area (Å²) in [6.07, 6.45) is 30.5. The normalized spacial score (nSPS) is 40.7. The number of aliphatic hydroxyl groups is 1. The zero-order valence-corrected chi connectivity index (χ0v) is 34.0. The number of esters is 1. The zero-order valence-electron chi connectivity index (χ0n) is 34.0. The standard InChI is InChI=1S/C46H80O3/c1-10-11-12-13-14-15-16-17-18-19-20-21-22-23-40(48)49-39-26-27-44(7)36-25-24-34-35-33-41(2,3)28-29-43(35,6)30-31-45(34,8)46(36,9)38(47)32-37(44)42(39,4)5/h24,35-39,47H,10-23,25-33H2,1-9H3. The predicted octanol–water partition coefficient (Wildman–Crippen LogP) is 13.2. The van der Waals surface area contributed by atoms with Gasteiger partial charge in [-0.2, -0.15) is 0 Å². The molecular formula is C46H80O3. The quantitative estimate of drug-likeness (QED) is 0.106. The highest BCUT2D eigenvalue weighted by atomic mass is 16.5. The first-order valence-corrected chi connectivity index (χ1v) is 21.6. The zero-order chi connectivity index (χ0) is 35.7. The molecule has 0 amide bonds. The molecule has 0 heterocycles. The first-order valence-electron chi connectivity index (χ1n) is 21.6. The Bertz CT molecular complexity index is 1150. The van der Waals surface area contributed by atoms with Crippen LogP contribution >= 0.6 is 0 Å². The smallest absolute Gasteiger partial charge is 0.306 e. The van der Waals surface area contributed by atoms with E-state index in [0.717, 1.165) is 38.5 Å². The first kappa shape index (κ1) is 39.4. The number of hydrogen-bond acceptors (Lipinski definition) is 3. The lowest BCUT2D eigenvalue weighted by Gasteiger charge is -2.72. The van der Waals surface area contributed by atoms with Crippen LogP contribution in [0.15, 0.2) is 11.6 Å². The summed E-state index contributed by atoms with van der Waals surface area (Å²) in [6, 6.07) is 0. The van der Waals surface area contributed by atoms with Crippen molar-refractivity contribution in [2.24, 2.45) is 50.2 Å². The molecular weight excluding hydrogens is 601 g/mol. The number of unbranched alkanes of at least 4 members (excludes halogenated alkanes) is 12. The second kappa shape index (κ2) is 15.3. The molecule has 0 bridgehead atoms. The molecule has 3 nitrogen and oxygen atoms in total. The number of hydrogen-bond donors (Lipinski definition) is 1. The van der Waals surface area contributed by atoms with Crippen molar-refractivity contribution < 1.29 is 14.6 Å². The molecule has 0 aromatic heterocycles. The molecule has 49 heavy (non-hydrogen) atoms. The van der Waals surface area contributed by atoms with Crippen LogP contribution in [-0.2, 0) is 9.53 Å². The molecule has 4 fully saturated rings. The summed E-state index contributed by atoms with van der Waals surface area (Å²) in [5.74, 6) is 1.44. The van der Waals surface area contributed by atoms with E-state index in [2.05, 4.69) is 68.4 Å². The van der Waals surface area contributed by atoms with Crippen molar-refractivity contribution in [2.45, 2.75) is 222 Å². The Labute approximate surface area is 304 Å². The van der Waals surface area contributed by atoms with Gasteiger partial charge in [-0.25, -0.2) is 0 Å². The lowest BCUT2D eigenvalue weighted by Crippen LogP contribution is -2.69. The molecule has 9 atom stereocenters. The minimum absolute atomic E-state index is 0.00404. The van der Waals surface area contributed by atoms with Crippen molar-refractivity contribution in [3.05, 3.63) is 11.6 Å². The number of fused-ring (bicyclic) bond motifs is 7. The van der Waals surface area contributed by atoms with E-state index in [1.807, 2.05) is 0 Å². The minimum Gasteiger partial charge on any atom is -0.462 e. The third-order valence-electron chi connectivity index (χ3n) is 16.8. The molecule has 4 saturated carbocycles. The fraction of sp³-hybridized carbons (Fsp3) is 0.935. The molecule has 282 valence electrons. The number of carbonyl (C=O) groups is 1. The monoisotopic (exact) mass is 681 g/mol. The van der Waals surface area contributed by atoms with Crippen LogP contribution in [0, 0.1) is 50.2 Å². The van der Waals surface area contributed by atoms with E-state index < -0.39 is 0 Å². The second-order valence-corrected chi connectivity index (χ2v) is 20.8. The van der Waals surface area contributed by atoms with Crippen molar-refractivity contribution in [1.29, 1.82) is 0 Å². The average molecular weight is 681 g/mol. The second-order valence-electron chi connectivity index (χ2n) is 20.8. The highest BCUT2D eigenvalue weighted by molar-refractivity contribution is 5.69. The largest absolute Gasteiger partial charge is 0.462 e. The Balaban J connectivity index is 1.15. The molecule has 1 N–H and O–H groups in total. The molecule has 0 aliphatic heterocycles. The average Bonchev–Trinajstić information content (AvgIpc) is 3.04. The van der Waals surface area contributed by atoms with Gasteiger partial charge >= 0.3 is 5.97 Å². The molecule has 0 radical (unpaired) electrons. The van der Waals surface area contributed by atoms with Gasteiger partial charge in [0.15, 0.2) is 0 Å². The van der Waals surface area contributed by atoms with Gasteiger partial charge in [0, 0.05) is 17.3 Å². The van der Waals surface area contributed by atoms with Gasteiger partial charge < -0.3 is 9.84 Å². The Kier molecular flexibility index (Phi) is 12.3. The summed E-state index contributed by atoms with van der Waals surface area (Å²) in [6.45, 7) is 22.2. The molecule has 3 heteroatoms. The van der Waals surface area contributed by atoms with Crippen molar-refractivity contribution in [2.75, 3.05) is 0 Å². The molecule has 0 aromatic rings. The summed E-state index contributed by atoms with van der Waals surface area (Å²) >= 11 is 0. The maximum Gasteiger partial charge on any atom is 0.306 e. The summed E-state index contributed by atoms with van der Waals surface area (Å²) < 4.78 is 6.37. The SMILES string of the molecule is CCCCCCCCCCCCCCCC(=O)OC1CCC2(C)C(CC(O)C3(C)C2CC=C2C4CC(C)(C)CCC4(C)CCC23C)C1(C)C. The van der Waals surface area contributed by atoms with Crippen molar-refractivity contribution in [1.82, 2.24) is 0 Å². The summed E-state index contributed by atoms with van der Waals surface area (Å²) in [5.41, 5.74) is 2.42. The number of aliphatic hydroxyl groups excluding tert-OH is 1. The highest BCUT2D eigenvalue weighted by Crippen LogP contribution is 2.75. The molecule has 9 unspecified atom stereocenters. The maximum absolute atomic E-state index is 13.2. The van der Waals surface area contributed by atoms with Crippen LogP contribution in [0.4, 0.5) is 0 Å². The fourth-order valence-electron chi connectivity index (χ4n) is 13.2. The van der Waals surface area contributed by atoms with Crippen molar-refractivity contribution in [3.8, 4) is 0 Å². The highest BCUT2D eigenvalue weighted by Gasteiger charge is 2.70. The Morgan fingerprint density at radius 3 is 1.94 bits per heavy atom. The molecule has 0 saturated heterocycles. The van der Waals surface area contributed by atoms with Crippen LogP contribution in [0.1, 0.15) is 210 Å². The van der Waals surface area contributed by atoms with Gasteiger partial charge in [0.2, 0.25) is 0 Å². The maximum atomic E-state index is 13.2. The minimum atomic E-state index is -0.329.